The molecule has 0 radical (unpaired) electrons. The van der Waals surface area contributed by atoms with E-state index in [2.05, 4.69) is 0 Å². The van der Waals surface area contributed by atoms with Crippen LogP contribution in [0.25, 0.3) is 0 Å². The number of rotatable bonds is 0. The Labute approximate surface area is 99.2 Å². The standard InChI is InChI=1S/BrH.ClO3.2Na/c;2-1(3)4;;/h1H;;;/q;-1;2*+1/p-1. The predicted molar refractivity (Wildman–Crippen MR) is 0 cm³/mol. The molecule has 0 atom stereocenters. The molecule has 0 aliphatic heterocycles. The van der Waals surface area contributed by atoms with Crippen molar-refractivity contribution < 1.29 is 101 Å². The summed E-state index contributed by atoms with van der Waals surface area (Å²) in [6.07, 6.45) is 0. The van der Waals surface area contributed by atoms with Gasteiger partial charge >= 0.3 is 59.1 Å². The van der Waals surface area contributed by atoms with Crippen molar-refractivity contribution in [2.24, 2.45) is 0 Å². The molecule has 0 amide bonds. The van der Waals surface area contributed by atoms with Crippen molar-refractivity contribution in [3.05, 3.63) is 0 Å². The van der Waals surface area contributed by atoms with Gasteiger partial charge in [0.05, 0.1) is 10.8 Å². The van der Waals surface area contributed by atoms with Crippen LogP contribution in [-0.4, -0.2) is 0 Å². The minimum Gasteiger partial charge on any atom is -1.00 e. The van der Waals surface area contributed by atoms with Gasteiger partial charge in [0.2, 0.25) is 0 Å². The fraction of sp³-hybridized carbons (Fsp3) is 0. The maximum absolute atomic E-state index is 8.41. The summed E-state index contributed by atoms with van der Waals surface area (Å²) in [5.74, 6) is 0. The van der Waals surface area contributed by atoms with E-state index in [1.165, 1.54) is 0 Å². The van der Waals surface area contributed by atoms with E-state index in [1.807, 2.05) is 0 Å². The van der Waals surface area contributed by atoms with Gasteiger partial charge in [-0.05, 0) is 0 Å². The van der Waals surface area contributed by atoms with E-state index in [0.717, 1.165) is 0 Å². The average molecular weight is 209 g/mol. The van der Waals surface area contributed by atoms with Gasteiger partial charge in [0.25, 0.3) is 0 Å². The molecule has 3 nitrogen and oxygen atoms in total. The summed E-state index contributed by atoms with van der Waals surface area (Å²) in [6.45, 7) is 0. The molecule has 0 saturated carbocycles. The van der Waals surface area contributed by atoms with Crippen LogP contribution in [-0.2, 0) is 0 Å². The second-order valence-corrected chi connectivity index (χ2v) is 0.567. The Bertz CT molecular complexity index is 17.7. The molecular formula is BrClNa2O3. The van der Waals surface area contributed by atoms with Crippen LogP contribution in [0.3, 0.4) is 0 Å². The molecule has 0 heterocycles. The largest absolute Gasteiger partial charge is 1.00 e. The van der Waals surface area contributed by atoms with Crippen LogP contribution in [0.2, 0.25) is 0 Å². The van der Waals surface area contributed by atoms with Crippen molar-refractivity contribution in [2.45, 2.75) is 0 Å². The molecule has 7 heteroatoms. The molecule has 0 aliphatic rings. The molecule has 0 bridgehead atoms. The third-order valence-electron chi connectivity index (χ3n) is 0. The molecule has 7 heavy (non-hydrogen) atoms. The molecule has 0 fully saturated rings. The third kappa shape index (κ3) is 54.5. The van der Waals surface area contributed by atoms with Gasteiger partial charge in [-0.15, -0.1) is 0 Å². The van der Waals surface area contributed by atoms with Gasteiger partial charge in [0, 0.05) is 0 Å². The minimum absolute atomic E-state index is 0. The summed E-state index contributed by atoms with van der Waals surface area (Å²) < 4.78 is 25.2. The molecule has 0 aromatic heterocycles. The number of hydrogen-bond acceptors (Lipinski definition) is 3. The predicted octanol–water partition coefficient (Wildman–Crippen LogP) is -12.6. The SMILES string of the molecule is [Br-].[Na+].[Na+].[O-][Cl+2]([O-])[O-]. The zero-order valence-electron chi connectivity index (χ0n) is 3.98. The number of hydrogen-bond donors (Lipinski definition) is 0. The van der Waals surface area contributed by atoms with Crippen LogP contribution >= 0.6 is 0 Å². The zero-order chi connectivity index (χ0) is 3.58. The topological polar surface area (TPSA) is 69.2 Å². The van der Waals surface area contributed by atoms with Gasteiger partial charge in [0.15, 0.2) is 0 Å². The monoisotopic (exact) mass is 208 g/mol. The first-order chi connectivity index (χ1) is 1.73. The van der Waals surface area contributed by atoms with Crippen molar-refractivity contribution in [3.8, 4) is 0 Å². The zero-order valence-corrected chi connectivity index (χ0v) is 10.3. The van der Waals surface area contributed by atoms with Crippen LogP contribution in [0.5, 0.6) is 0 Å². The maximum Gasteiger partial charge on any atom is 1.00 e. The summed E-state index contributed by atoms with van der Waals surface area (Å²) >= 11 is 0. The van der Waals surface area contributed by atoms with Gasteiger partial charge in [-0.2, -0.15) is 0 Å². The Morgan fingerprint density at radius 1 is 0.857 bits per heavy atom. The van der Waals surface area contributed by atoms with Gasteiger partial charge in [0.1, 0.15) is 0 Å². The van der Waals surface area contributed by atoms with Gasteiger partial charge in [-0.3, -0.25) is 0 Å². The van der Waals surface area contributed by atoms with Crippen molar-refractivity contribution in [3.63, 3.8) is 0 Å². The summed E-state index contributed by atoms with van der Waals surface area (Å²) in [5, 5.41) is 0. The molecule has 0 saturated heterocycles. The first-order valence-corrected chi connectivity index (χ1v) is 1.39. The average Bonchev–Trinajstić information content (AvgIpc) is 0.811. The van der Waals surface area contributed by atoms with Crippen LogP contribution < -0.4 is 90.1 Å². The van der Waals surface area contributed by atoms with Crippen LogP contribution in [0, 0.1) is 10.8 Å². The molecule has 0 unspecified atom stereocenters. The van der Waals surface area contributed by atoms with E-state index >= 15 is 0 Å². The van der Waals surface area contributed by atoms with Crippen LogP contribution in [0.4, 0.5) is 0 Å². The van der Waals surface area contributed by atoms with E-state index in [1.54, 1.807) is 0 Å². The fourth-order valence-electron chi connectivity index (χ4n) is 0. The summed E-state index contributed by atoms with van der Waals surface area (Å²) in [4.78, 5) is 0. The van der Waals surface area contributed by atoms with Crippen molar-refractivity contribution in [2.75, 3.05) is 0 Å². The third-order valence-corrected chi connectivity index (χ3v) is 0. The Kier molecular flexibility index (Phi) is 51.2. The van der Waals surface area contributed by atoms with Crippen molar-refractivity contribution >= 4 is 0 Å². The van der Waals surface area contributed by atoms with Crippen molar-refractivity contribution in [1.29, 1.82) is 0 Å². The normalized spacial score (nSPS) is 5.14. The smallest absolute Gasteiger partial charge is 1.00 e. The quantitative estimate of drug-likeness (QED) is 0.372. The summed E-state index contributed by atoms with van der Waals surface area (Å²) in [6, 6.07) is 0. The maximum atomic E-state index is 8.41. The van der Waals surface area contributed by atoms with E-state index in [9.17, 15) is 0 Å². The minimum atomic E-state index is -2.85. The molecule has 0 N–H and O–H groups in total. The molecule has 0 aliphatic carbocycles. The molecular weight excluding hydrogens is 209 g/mol. The Hall–Kier alpha value is 2.65. The van der Waals surface area contributed by atoms with Crippen LogP contribution in [0.15, 0.2) is 0 Å². The van der Waals surface area contributed by atoms with E-state index in [0.29, 0.717) is 0 Å². The van der Waals surface area contributed by atoms with Gasteiger partial charge < -0.3 is 31.0 Å². The van der Waals surface area contributed by atoms with Crippen molar-refractivity contribution in [1.82, 2.24) is 0 Å². The first kappa shape index (κ1) is 22.6. The summed E-state index contributed by atoms with van der Waals surface area (Å²) in [5.41, 5.74) is 0. The molecule has 0 rings (SSSR count). The molecule has 0 aromatic rings. The molecule has 0 aromatic carbocycles. The van der Waals surface area contributed by atoms with Crippen LogP contribution in [0.1, 0.15) is 0 Å². The van der Waals surface area contributed by atoms with E-state index in [-0.39, 0.29) is 76.1 Å². The number of halogens is 2. The second-order valence-electron chi connectivity index (χ2n) is 0.189. The second kappa shape index (κ2) is 15.9. The van der Waals surface area contributed by atoms with Gasteiger partial charge in [-0.1, -0.05) is 0 Å². The molecule has 34 valence electrons. The Morgan fingerprint density at radius 3 is 0.857 bits per heavy atom. The Morgan fingerprint density at radius 2 is 0.857 bits per heavy atom. The first-order valence-electron chi connectivity index (χ1n) is 0.463. The summed E-state index contributed by atoms with van der Waals surface area (Å²) in [7, 11) is -2.85. The Balaban J connectivity index is -0.0000000150. The fourth-order valence-corrected chi connectivity index (χ4v) is 0. The van der Waals surface area contributed by atoms with E-state index in [4.69, 9.17) is 14.0 Å². The molecule has 0 spiro atoms. The van der Waals surface area contributed by atoms with E-state index < -0.39 is 10.8 Å². The van der Waals surface area contributed by atoms with Gasteiger partial charge in [-0.25, -0.2) is 0 Å².